The SMILES string of the molecule is CN(C(=O)c1ccc(C(F)(F)F)cc1)C1CCN(CCc2ccnn2C)CC1. The molecule has 0 radical (unpaired) electrons. The lowest BCUT2D eigenvalue weighted by Crippen LogP contribution is -2.46. The third-order valence-corrected chi connectivity index (χ3v) is 5.49. The Balaban J connectivity index is 1.51. The van der Waals surface area contributed by atoms with Crippen molar-refractivity contribution in [1.82, 2.24) is 19.6 Å². The number of amides is 1. The second-order valence-corrected chi connectivity index (χ2v) is 7.26. The fraction of sp³-hybridized carbons (Fsp3) is 0.500. The minimum absolute atomic E-state index is 0.0998. The van der Waals surface area contributed by atoms with Crippen LogP contribution in [0.3, 0.4) is 0 Å². The zero-order valence-corrected chi connectivity index (χ0v) is 16.1. The van der Waals surface area contributed by atoms with Gasteiger partial charge in [0, 0.05) is 63.6 Å². The topological polar surface area (TPSA) is 41.4 Å². The molecule has 1 aliphatic heterocycles. The predicted molar refractivity (Wildman–Crippen MR) is 99.9 cm³/mol. The Hall–Kier alpha value is -2.35. The monoisotopic (exact) mass is 394 g/mol. The molecule has 3 rings (SSSR count). The number of aryl methyl sites for hydroxylation is 1. The van der Waals surface area contributed by atoms with Gasteiger partial charge in [-0.15, -0.1) is 0 Å². The van der Waals surface area contributed by atoms with E-state index in [1.807, 2.05) is 17.8 Å². The number of hydrogen-bond donors (Lipinski definition) is 0. The summed E-state index contributed by atoms with van der Waals surface area (Å²) in [7, 11) is 3.67. The first-order valence-corrected chi connectivity index (χ1v) is 9.39. The predicted octanol–water partition coefficient (Wildman–Crippen LogP) is 3.22. The summed E-state index contributed by atoms with van der Waals surface area (Å²) < 4.78 is 39.9. The average molecular weight is 394 g/mol. The van der Waals surface area contributed by atoms with Gasteiger partial charge in [-0.25, -0.2) is 0 Å². The maximum atomic E-state index is 12.7. The molecule has 0 spiro atoms. The molecule has 8 heteroatoms. The fourth-order valence-electron chi connectivity index (χ4n) is 3.62. The molecule has 1 amide bonds. The summed E-state index contributed by atoms with van der Waals surface area (Å²) in [6.07, 6.45) is 0.0448. The zero-order chi connectivity index (χ0) is 20.3. The quantitative estimate of drug-likeness (QED) is 0.782. The highest BCUT2D eigenvalue weighted by Crippen LogP contribution is 2.29. The maximum Gasteiger partial charge on any atom is 0.416 e. The molecule has 0 aliphatic carbocycles. The Labute approximate surface area is 162 Å². The summed E-state index contributed by atoms with van der Waals surface area (Å²) >= 11 is 0. The van der Waals surface area contributed by atoms with Gasteiger partial charge in [-0.1, -0.05) is 0 Å². The van der Waals surface area contributed by atoms with Crippen molar-refractivity contribution in [2.75, 3.05) is 26.7 Å². The Morgan fingerprint density at radius 1 is 1.18 bits per heavy atom. The highest BCUT2D eigenvalue weighted by Gasteiger charge is 2.31. The van der Waals surface area contributed by atoms with E-state index in [1.165, 1.54) is 17.8 Å². The summed E-state index contributed by atoms with van der Waals surface area (Å²) in [5, 5.41) is 4.17. The van der Waals surface area contributed by atoms with E-state index >= 15 is 0 Å². The van der Waals surface area contributed by atoms with E-state index < -0.39 is 11.7 Å². The van der Waals surface area contributed by atoms with Crippen LogP contribution >= 0.6 is 0 Å². The first kappa shape index (κ1) is 20.4. The highest BCUT2D eigenvalue weighted by atomic mass is 19.4. The molecule has 1 aromatic heterocycles. The summed E-state index contributed by atoms with van der Waals surface area (Å²) in [4.78, 5) is 16.7. The van der Waals surface area contributed by atoms with Crippen LogP contribution in [-0.4, -0.2) is 58.2 Å². The third kappa shape index (κ3) is 4.73. The van der Waals surface area contributed by atoms with Crippen molar-refractivity contribution in [3.05, 3.63) is 53.3 Å². The van der Waals surface area contributed by atoms with Gasteiger partial charge in [0.1, 0.15) is 0 Å². The lowest BCUT2D eigenvalue weighted by molar-refractivity contribution is -0.137. The summed E-state index contributed by atoms with van der Waals surface area (Å²) in [6.45, 7) is 2.74. The van der Waals surface area contributed by atoms with Crippen molar-refractivity contribution in [2.45, 2.75) is 31.5 Å². The largest absolute Gasteiger partial charge is 0.416 e. The Morgan fingerprint density at radius 3 is 2.36 bits per heavy atom. The van der Waals surface area contributed by atoms with Crippen LogP contribution in [0.2, 0.25) is 0 Å². The van der Waals surface area contributed by atoms with Gasteiger partial charge in [0.05, 0.1) is 5.56 Å². The molecule has 2 heterocycles. The fourth-order valence-corrected chi connectivity index (χ4v) is 3.62. The minimum atomic E-state index is -4.39. The standard InChI is InChI=1S/C20H25F3N4O/c1-25(19(28)15-3-5-16(6-4-15)20(21,22)23)17-8-12-27(13-9-17)14-10-18-7-11-24-26(18)2/h3-7,11,17H,8-10,12-14H2,1-2H3. The number of aromatic nitrogens is 2. The number of carbonyl (C=O) groups excluding carboxylic acids is 1. The van der Waals surface area contributed by atoms with Gasteiger partial charge >= 0.3 is 6.18 Å². The molecule has 0 N–H and O–H groups in total. The van der Waals surface area contributed by atoms with Crippen molar-refractivity contribution in [1.29, 1.82) is 0 Å². The molecule has 2 aromatic rings. The van der Waals surface area contributed by atoms with Crippen LogP contribution in [0.5, 0.6) is 0 Å². The second-order valence-electron chi connectivity index (χ2n) is 7.26. The van der Waals surface area contributed by atoms with Gasteiger partial charge in [-0.05, 0) is 43.2 Å². The van der Waals surface area contributed by atoms with Crippen molar-refractivity contribution in [3.63, 3.8) is 0 Å². The Kier molecular flexibility index (Phi) is 6.07. The van der Waals surface area contributed by atoms with Crippen molar-refractivity contribution in [2.24, 2.45) is 7.05 Å². The molecule has 152 valence electrons. The van der Waals surface area contributed by atoms with Crippen LogP contribution in [0.1, 0.15) is 34.5 Å². The van der Waals surface area contributed by atoms with E-state index in [-0.39, 0.29) is 17.5 Å². The van der Waals surface area contributed by atoms with Gasteiger partial charge < -0.3 is 9.80 Å². The molecule has 28 heavy (non-hydrogen) atoms. The van der Waals surface area contributed by atoms with E-state index in [2.05, 4.69) is 10.00 Å². The molecule has 1 aromatic carbocycles. The van der Waals surface area contributed by atoms with Gasteiger partial charge in [0.25, 0.3) is 5.91 Å². The van der Waals surface area contributed by atoms with Gasteiger partial charge in [-0.2, -0.15) is 18.3 Å². The lowest BCUT2D eigenvalue weighted by atomic mass is 10.0. The van der Waals surface area contributed by atoms with Crippen LogP contribution in [0.15, 0.2) is 36.5 Å². The number of rotatable bonds is 5. The number of likely N-dealkylation sites (tertiary alicyclic amines) is 1. The number of nitrogens with zero attached hydrogens (tertiary/aromatic N) is 4. The molecule has 0 saturated carbocycles. The van der Waals surface area contributed by atoms with Gasteiger partial charge in [0.2, 0.25) is 0 Å². The maximum absolute atomic E-state index is 12.7. The molecular weight excluding hydrogens is 369 g/mol. The Bertz CT molecular complexity index is 793. The summed E-state index contributed by atoms with van der Waals surface area (Å²) in [6, 6.07) is 6.55. The number of halogens is 3. The zero-order valence-electron chi connectivity index (χ0n) is 16.1. The number of piperidine rings is 1. The van der Waals surface area contributed by atoms with Crippen molar-refractivity contribution in [3.8, 4) is 0 Å². The van der Waals surface area contributed by atoms with E-state index in [0.29, 0.717) is 0 Å². The molecular formula is C20H25F3N4O. The molecule has 1 saturated heterocycles. The van der Waals surface area contributed by atoms with Crippen LogP contribution in [0, 0.1) is 0 Å². The molecule has 0 bridgehead atoms. The van der Waals surface area contributed by atoms with Crippen LogP contribution in [0.4, 0.5) is 13.2 Å². The van der Waals surface area contributed by atoms with Crippen LogP contribution in [0.25, 0.3) is 0 Å². The first-order chi connectivity index (χ1) is 13.3. The third-order valence-electron chi connectivity index (χ3n) is 5.49. The first-order valence-electron chi connectivity index (χ1n) is 9.39. The highest BCUT2D eigenvalue weighted by molar-refractivity contribution is 5.94. The van der Waals surface area contributed by atoms with Gasteiger partial charge in [0.15, 0.2) is 0 Å². The molecule has 1 aliphatic rings. The summed E-state index contributed by atoms with van der Waals surface area (Å²) in [5.74, 6) is -0.234. The number of carbonyl (C=O) groups is 1. The van der Waals surface area contributed by atoms with Gasteiger partial charge in [-0.3, -0.25) is 9.48 Å². The van der Waals surface area contributed by atoms with Crippen LogP contribution in [-0.2, 0) is 19.6 Å². The number of alkyl halides is 3. The van der Waals surface area contributed by atoms with Crippen molar-refractivity contribution < 1.29 is 18.0 Å². The molecule has 0 atom stereocenters. The van der Waals surface area contributed by atoms with E-state index in [1.54, 1.807) is 18.1 Å². The number of hydrogen-bond acceptors (Lipinski definition) is 3. The van der Waals surface area contributed by atoms with Crippen molar-refractivity contribution >= 4 is 5.91 Å². The molecule has 5 nitrogen and oxygen atoms in total. The van der Waals surface area contributed by atoms with E-state index in [9.17, 15) is 18.0 Å². The summed E-state index contributed by atoms with van der Waals surface area (Å²) in [5.41, 5.74) is 0.735. The number of benzene rings is 1. The lowest BCUT2D eigenvalue weighted by Gasteiger charge is -2.36. The molecule has 0 unspecified atom stereocenters. The molecule has 1 fully saturated rings. The smallest absolute Gasteiger partial charge is 0.339 e. The van der Waals surface area contributed by atoms with E-state index in [4.69, 9.17) is 0 Å². The van der Waals surface area contributed by atoms with E-state index in [0.717, 1.165) is 51.0 Å². The average Bonchev–Trinajstić information content (AvgIpc) is 3.10. The Morgan fingerprint density at radius 2 is 1.82 bits per heavy atom. The normalized spacial score (nSPS) is 16.3. The second kappa shape index (κ2) is 8.34. The minimum Gasteiger partial charge on any atom is -0.339 e. The van der Waals surface area contributed by atoms with Crippen LogP contribution < -0.4 is 0 Å².